The smallest absolute Gasteiger partial charge is 0.340 e. The van der Waals surface area contributed by atoms with Crippen LogP contribution in [0.25, 0.3) is 0 Å². The van der Waals surface area contributed by atoms with E-state index in [1.807, 2.05) is 19.9 Å². The monoisotopic (exact) mass is 342 g/mol. The number of carbonyl (C=O) groups is 2. The molecule has 1 aliphatic carbocycles. The summed E-state index contributed by atoms with van der Waals surface area (Å²) < 4.78 is 10.9. The Morgan fingerprint density at radius 1 is 1.44 bits per heavy atom. The summed E-state index contributed by atoms with van der Waals surface area (Å²) in [4.78, 5) is 29.5. The first kappa shape index (κ1) is 17.2. The summed E-state index contributed by atoms with van der Waals surface area (Å²) in [5.74, 6) is -0.676. The lowest BCUT2D eigenvalue weighted by Crippen LogP contribution is -2.35. The van der Waals surface area contributed by atoms with E-state index in [9.17, 15) is 9.59 Å². The minimum atomic E-state index is -0.611. The molecule has 2 N–H and O–H groups in total. The summed E-state index contributed by atoms with van der Waals surface area (Å²) in [5.41, 5.74) is 7.24. The molecule has 0 spiro atoms. The number of esters is 1. The maximum atomic E-state index is 12.9. The largest absolute Gasteiger partial charge is 0.462 e. The zero-order chi connectivity index (χ0) is 18.2. The Morgan fingerprint density at radius 2 is 2.20 bits per heavy atom. The van der Waals surface area contributed by atoms with E-state index in [0.717, 1.165) is 5.56 Å². The summed E-state index contributed by atoms with van der Waals surface area (Å²) in [6.07, 6.45) is 4.25. The lowest BCUT2D eigenvalue weighted by atomic mass is 9.70. The number of hydrogen-bond acceptors (Lipinski definition) is 6. The molecule has 3 rings (SSSR count). The fourth-order valence-electron chi connectivity index (χ4n) is 3.47. The third-order valence-electron chi connectivity index (χ3n) is 4.47. The second kappa shape index (κ2) is 6.35. The van der Waals surface area contributed by atoms with Crippen LogP contribution in [0.2, 0.25) is 0 Å². The Morgan fingerprint density at radius 3 is 2.84 bits per heavy atom. The van der Waals surface area contributed by atoms with Gasteiger partial charge in [-0.3, -0.25) is 9.78 Å². The molecule has 0 saturated carbocycles. The van der Waals surface area contributed by atoms with Gasteiger partial charge in [0.2, 0.25) is 5.88 Å². The third kappa shape index (κ3) is 3.16. The Balaban J connectivity index is 2.16. The molecule has 0 bridgehead atoms. The normalized spacial score (nSPS) is 22.4. The second-order valence-corrected chi connectivity index (χ2v) is 7.10. The molecule has 1 aliphatic heterocycles. The van der Waals surface area contributed by atoms with E-state index in [4.69, 9.17) is 15.2 Å². The number of nitrogens with zero attached hydrogens (tertiary/aromatic N) is 1. The van der Waals surface area contributed by atoms with Crippen LogP contribution in [-0.2, 0) is 19.1 Å². The number of ether oxygens (including phenoxy) is 2. The number of nitrogens with two attached hydrogens (primary N) is 1. The van der Waals surface area contributed by atoms with Gasteiger partial charge in [-0.05, 0) is 24.0 Å². The summed E-state index contributed by atoms with van der Waals surface area (Å²) in [7, 11) is 0. The zero-order valence-corrected chi connectivity index (χ0v) is 14.7. The molecular formula is C19H22N2O4. The van der Waals surface area contributed by atoms with Crippen LogP contribution in [-0.4, -0.2) is 23.3 Å². The Hall–Kier alpha value is -2.63. The van der Waals surface area contributed by atoms with Crippen LogP contribution < -0.4 is 5.73 Å². The molecule has 6 nitrogen and oxygen atoms in total. The summed E-state index contributed by atoms with van der Waals surface area (Å²) in [6.45, 7) is 5.95. The van der Waals surface area contributed by atoms with E-state index in [1.165, 1.54) is 0 Å². The fourth-order valence-corrected chi connectivity index (χ4v) is 3.47. The van der Waals surface area contributed by atoms with Crippen molar-refractivity contribution >= 4 is 11.8 Å². The highest BCUT2D eigenvalue weighted by molar-refractivity contribution is 6.03. The van der Waals surface area contributed by atoms with Crippen LogP contribution >= 0.6 is 0 Å². The molecule has 0 saturated heterocycles. The zero-order valence-electron chi connectivity index (χ0n) is 14.7. The van der Waals surface area contributed by atoms with Gasteiger partial charge in [0.25, 0.3) is 0 Å². The Bertz CT molecular complexity index is 778. The summed E-state index contributed by atoms with van der Waals surface area (Å²) in [6, 6.07) is 3.59. The summed E-state index contributed by atoms with van der Waals surface area (Å²) >= 11 is 0. The van der Waals surface area contributed by atoms with Crippen molar-refractivity contribution < 1.29 is 19.1 Å². The van der Waals surface area contributed by atoms with Gasteiger partial charge in [0.05, 0.1) is 12.5 Å². The van der Waals surface area contributed by atoms with Gasteiger partial charge in [0, 0.05) is 30.8 Å². The molecule has 2 aliphatic rings. The second-order valence-electron chi connectivity index (χ2n) is 7.10. The van der Waals surface area contributed by atoms with E-state index in [1.54, 1.807) is 25.4 Å². The van der Waals surface area contributed by atoms with Crippen molar-refractivity contribution in [1.29, 1.82) is 0 Å². The Labute approximate surface area is 146 Å². The van der Waals surface area contributed by atoms with Gasteiger partial charge in [-0.1, -0.05) is 19.9 Å². The van der Waals surface area contributed by atoms with Crippen molar-refractivity contribution in [3.8, 4) is 0 Å². The SMILES string of the molecule is CCOC(=O)C1=C(N)OC2=C(C(=O)CC(C)(C)C2)[C@@H]1c1cccnc1. The molecule has 0 aromatic carbocycles. The van der Waals surface area contributed by atoms with E-state index < -0.39 is 11.9 Å². The molecule has 1 aromatic heterocycles. The highest BCUT2D eigenvalue weighted by atomic mass is 16.5. The molecule has 132 valence electrons. The minimum absolute atomic E-state index is 0.00319. The number of pyridine rings is 1. The van der Waals surface area contributed by atoms with Gasteiger partial charge < -0.3 is 15.2 Å². The van der Waals surface area contributed by atoms with Crippen LogP contribution in [0.15, 0.2) is 47.3 Å². The number of ketones is 1. The van der Waals surface area contributed by atoms with Crippen molar-refractivity contribution in [2.75, 3.05) is 6.61 Å². The maximum Gasteiger partial charge on any atom is 0.340 e. The van der Waals surface area contributed by atoms with Crippen molar-refractivity contribution in [2.24, 2.45) is 11.1 Å². The van der Waals surface area contributed by atoms with Crippen LogP contribution in [0.3, 0.4) is 0 Å². The number of rotatable bonds is 3. The van der Waals surface area contributed by atoms with Crippen LogP contribution in [0.4, 0.5) is 0 Å². The molecule has 0 unspecified atom stereocenters. The predicted octanol–water partition coefficient (Wildman–Crippen LogP) is 2.57. The molecule has 0 radical (unpaired) electrons. The number of hydrogen-bond donors (Lipinski definition) is 1. The number of Topliss-reactive ketones (excluding diaryl/α,β-unsaturated/α-hetero) is 1. The average molecular weight is 342 g/mol. The van der Waals surface area contributed by atoms with Gasteiger partial charge >= 0.3 is 5.97 Å². The number of aromatic nitrogens is 1. The van der Waals surface area contributed by atoms with E-state index >= 15 is 0 Å². The molecular weight excluding hydrogens is 320 g/mol. The van der Waals surface area contributed by atoms with E-state index in [-0.39, 0.29) is 29.3 Å². The quantitative estimate of drug-likeness (QED) is 0.849. The van der Waals surface area contributed by atoms with Crippen molar-refractivity contribution in [3.05, 3.63) is 52.9 Å². The van der Waals surface area contributed by atoms with Crippen LogP contribution in [0.5, 0.6) is 0 Å². The predicted molar refractivity (Wildman–Crippen MR) is 91.0 cm³/mol. The third-order valence-corrected chi connectivity index (χ3v) is 4.47. The van der Waals surface area contributed by atoms with Gasteiger partial charge in [0.1, 0.15) is 11.3 Å². The molecule has 0 amide bonds. The highest BCUT2D eigenvalue weighted by Gasteiger charge is 2.45. The molecule has 1 atom stereocenters. The van der Waals surface area contributed by atoms with Crippen molar-refractivity contribution in [2.45, 2.75) is 39.5 Å². The fraction of sp³-hybridized carbons (Fsp3) is 0.421. The topological polar surface area (TPSA) is 91.5 Å². The van der Waals surface area contributed by atoms with Crippen LogP contribution in [0, 0.1) is 5.41 Å². The number of carbonyl (C=O) groups excluding carboxylic acids is 2. The standard InChI is InChI=1S/C19H22N2O4/c1-4-24-18(23)16-14(11-6-5-7-21-10-11)15-12(22)8-19(2,3)9-13(15)25-17(16)20/h5-7,10,14H,4,8-9,20H2,1-3H3/t14-/m0/s1. The molecule has 25 heavy (non-hydrogen) atoms. The first-order valence-corrected chi connectivity index (χ1v) is 8.35. The Kier molecular flexibility index (Phi) is 4.37. The van der Waals surface area contributed by atoms with Crippen LogP contribution in [0.1, 0.15) is 45.1 Å². The molecule has 6 heteroatoms. The maximum absolute atomic E-state index is 12.9. The van der Waals surface area contributed by atoms with Gasteiger partial charge in [-0.2, -0.15) is 0 Å². The highest BCUT2D eigenvalue weighted by Crippen LogP contribution is 2.48. The number of allylic oxidation sites excluding steroid dienone is 2. The molecule has 0 fully saturated rings. The molecule has 1 aromatic rings. The first-order chi connectivity index (χ1) is 11.8. The molecule has 2 heterocycles. The minimum Gasteiger partial charge on any atom is -0.462 e. The first-order valence-electron chi connectivity index (χ1n) is 8.35. The van der Waals surface area contributed by atoms with Crippen molar-refractivity contribution in [1.82, 2.24) is 4.98 Å². The summed E-state index contributed by atoms with van der Waals surface area (Å²) in [5, 5.41) is 0. The lowest BCUT2D eigenvalue weighted by Gasteiger charge is -2.37. The van der Waals surface area contributed by atoms with Gasteiger partial charge in [-0.25, -0.2) is 4.79 Å². The average Bonchev–Trinajstić information content (AvgIpc) is 2.53. The van der Waals surface area contributed by atoms with Gasteiger partial charge in [0.15, 0.2) is 5.78 Å². The van der Waals surface area contributed by atoms with E-state index in [0.29, 0.717) is 24.2 Å². The van der Waals surface area contributed by atoms with Crippen molar-refractivity contribution in [3.63, 3.8) is 0 Å². The van der Waals surface area contributed by atoms with Gasteiger partial charge in [-0.15, -0.1) is 0 Å². The van der Waals surface area contributed by atoms with E-state index in [2.05, 4.69) is 4.98 Å². The lowest BCUT2D eigenvalue weighted by molar-refractivity contribution is -0.139.